The average Bonchev–Trinajstić information content (AvgIpc) is 2.83. The number of carbonyl (C=O) groups is 1. The molecule has 1 N–H and O–H groups in total. The maximum Gasteiger partial charge on any atom is 0.416 e. The van der Waals surface area contributed by atoms with Crippen LogP contribution >= 0.6 is 0 Å². The van der Waals surface area contributed by atoms with Crippen molar-refractivity contribution in [1.82, 2.24) is 10.2 Å². The molecule has 22 heavy (non-hydrogen) atoms. The van der Waals surface area contributed by atoms with Crippen LogP contribution in [0, 0.1) is 0 Å². The van der Waals surface area contributed by atoms with Crippen LogP contribution in [-0.2, 0) is 6.18 Å². The molecule has 1 aromatic rings. The molecule has 2 fully saturated rings. The van der Waals surface area contributed by atoms with E-state index < -0.39 is 11.7 Å². The summed E-state index contributed by atoms with van der Waals surface area (Å²) in [4.78, 5) is 14.1. The van der Waals surface area contributed by atoms with Gasteiger partial charge in [-0.15, -0.1) is 0 Å². The van der Waals surface area contributed by atoms with E-state index in [1.54, 1.807) is 11.9 Å². The van der Waals surface area contributed by atoms with E-state index >= 15 is 0 Å². The van der Waals surface area contributed by atoms with E-state index in [1.807, 2.05) is 0 Å². The van der Waals surface area contributed by atoms with Crippen LogP contribution in [0.1, 0.15) is 41.6 Å². The van der Waals surface area contributed by atoms with Gasteiger partial charge in [0.2, 0.25) is 0 Å². The second-order valence-electron chi connectivity index (χ2n) is 6.26. The van der Waals surface area contributed by atoms with Crippen LogP contribution in [-0.4, -0.2) is 36.0 Å². The SMILES string of the molecule is CN(C(=O)c1cccc(C(F)(F)F)c1)C1CC2CCC(C1)N2. The normalized spacial score (nSPS) is 27.7. The molecule has 2 heterocycles. The molecule has 0 spiro atoms. The lowest BCUT2D eigenvalue weighted by Crippen LogP contribution is -2.48. The molecule has 2 atom stereocenters. The fourth-order valence-electron chi connectivity index (χ4n) is 3.54. The first kappa shape index (κ1) is 15.3. The van der Waals surface area contributed by atoms with Gasteiger partial charge in [0, 0.05) is 30.7 Å². The van der Waals surface area contributed by atoms with E-state index in [0.717, 1.165) is 37.8 Å². The molecular formula is C16H19F3N2O. The smallest absolute Gasteiger partial charge is 0.339 e. The maximum absolute atomic E-state index is 12.8. The Morgan fingerprint density at radius 1 is 1.23 bits per heavy atom. The van der Waals surface area contributed by atoms with Crippen LogP contribution in [0.3, 0.4) is 0 Å². The van der Waals surface area contributed by atoms with Gasteiger partial charge in [0.1, 0.15) is 0 Å². The Morgan fingerprint density at radius 2 is 1.86 bits per heavy atom. The fraction of sp³-hybridized carbons (Fsp3) is 0.562. The molecule has 0 radical (unpaired) electrons. The van der Waals surface area contributed by atoms with Gasteiger partial charge in [-0.3, -0.25) is 4.79 Å². The van der Waals surface area contributed by atoms with Crippen LogP contribution < -0.4 is 5.32 Å². The number of alkyl halides is 3. The highest BCUT2D eigenvalue weighted by Gasteiger charge is 2.37. The van der Waals surface area contributed by atoms with E-state index in [1.165, 1.54) is 12.1 Å². The molecule has 1 aromatic carbocycles. The molecule has 120 valence electrons. The molecule has 2 saturated heterocycles. The summed E-state index contributed by atoms with van der Waals surface area (Å²) in [6.07, 6.45) is -0.447. The summed E-state index contributed by atoms with van der Waals surface area (Å²) >= 11 is 0. The summed E-state index contributed by atoms with van der Waals surface area (Å²) in [5.74, 6) is -0.336. The van der Waals surface area contributed by atoms with Crippen molar-refractivity contribution in [2.45, 2.75) is 50.0 Å². The number of halogens is 3. The van der Waals surface area contributed by atoms with Gasteiger partial charge in [-0.2, -0.15) is 13.2 Å². The van der Waals surface area contributed by atoms with Crippen molar-refractivity contribution in [1.29, 1.82) is 0 Å². The molecule has 0 aromatic heterocycles. The third-order valence-electron chi connectivity index (χ3n) is 4.75. The highest BCUT2D eigenvalue weighted by atomic mass is 19.4. The largest absolute Gasteiger partial charge is 0.416 e. The zero-order valence-electron chi connectivity index (χ0n) is 12.4. The van der Waals surface area contributed by atoms with Crippen molar-refractivity contribution in [3.8, 4) is 0 Å². The average molecular weight is 312 g/mol. The Kier molecular flexibility index (Phi) is 3.89. The van der Waals surface area contributed by atoms with Crippen molar-refractivity contribution in [2.24, 2.45) is 0 Å². The lowest BCUT2D eigenvalue weighted by Gasteiger charge is -2.35. The number of amides is 1. The van der Waals surface area contributed by atoms with Crippen LogP contribution in [0.5, 0.6) is 0 Å². The van der Waals surface area contributed by atoms with Gasteiger partial charge >= 0.3 is 6.18 Å². The minimum Gasteiger partial charge on any atom is -0.339 e. The molecule has 0 aliphatic carbocycles. The Hall–Kier alpha value is -1.56. The molecule has 2 bridgehead atoms. The second-order valence-corrected chi connectivity index (χ2v) is 6.26. The maximum atomic E-state index is 12.8. The first-order chi connectivity index (χ1) is 10.3. The highest BCUT2D eigenvalue weighted by Crippen LogP contribution is 2.32. The Balaban J connectivity index is 1.76. The molecule has 3 rings (SSSR count). The summed E-state index contributed by atoms with van der Waals surface area (Å²) in [7, 11) is 1.69. The molecular weight excluding hydrogens is 293 g/mol. The molecule has 2 aliphatic rings. The standard InChI is InChI=1S/C16H19F3N2O/c1-21(14-8-12-5-6-13(9-14)20-12)15(22)10-3-2-4-11(7-10)16(17,18)19/h2-4,7,12-14,20H,5-6,8-9H2,1H3. The number of fused-ring (bicyclic) bond motifs is 2. The Labute approximate surface area is 127 Å². The van der Waals surface area contributed by atoms with Gasteiger partial charge in [-0.25, -0.2) is 0 Å². The van der Waals surface area contributed by atoms with E-state index in [2.05, 4.69) is 5.32 Å². The Morgan fingerprint density at radius 3 is 2.45 bits per heavy atom. The van der Waals surface area contributed by atoms with Gasteiger partial charge in [0.05, 0.1) is 5.56 Å². The number of hydrogen-bond donors (Lipinski definition) is 1. The van der Waals surface area contributed by atoms with Crippen molar-refractivity contribution < 1.29 is 18.0 Å². The van der Waals surface area contributed by atoms with Gasteiger partial charge in [0.15, 0.2) is 0 Å². The van der Waals surface area contributed by atoms with Gasteiger partial charge in [-0.05, 0) is 43.9 Å². The number of nitrogens with one attached hydrogen (secondary N) is 1. The first-order valence-electron chi connectivity index (χ1n) is 7.55. The van der Waals surface area contributed by atoms with E-state index in [-0.39, 0.29) is 17.5 Å². The van der Waals surface area contributed by atoms with Crippen LogP contribution in [0.2, 0.25) is 0 Å². The lowest BCUT2D eigenvalue weighted by molar-refractivity contribution is -0.137. The number of rotatable bonds is 2. The lowest BCUT2D eigenvalue weighted by atomic mass is 9.97. The summed E-state index contributed by atoms with van der Waals surface area (Å²) in [6, 6.07) is 5.62. The molecule has 1 amide bonds. The molecule has 2 unspecified atom stereocenters. The molecule has 6 heteroatoms. The summed E-state index contributed by atoms with van der Waals surface area (Å²) in [5, 5.41) is 3.50. The summed E-state index contributed by atoms with van der Waals surface area (Å²) in [6.45, 7) is 0. The van der Waals surface area contributed by atoms with Crippen molar-refractivity contribution in [3.05, 3.63) is 35.4 Å². The van der Waals surface area contributed by atoms with Gasteiger partial charge in [-0.1, -0.05) is 6.07 Å². The predicted molar refractivity (Wildman–Crippen MR) is 76.5 cm³/mol. The van der Waals surface area contributed by atoms with Gasteiger partial charge in [0.25, 0.3) is 5.91 Å². The quantitative estimate of drug-likeness (QED) is 0.910. The summed E-state index contributed by atoms with van der Waals surface area (Å²) < 4.78 is 38.3. The van der Waals surface area contributed by atoms with Crippen LogP contribution in [0.4, 0.5) is 13.2 Å². The zero-order valence-corrected chi connectivity index (χ0v) is 12.4. The third kappa shape index (κ3) is 2.97. The van der Waals surface area contributed by atoms with Crippen molar-refractivity contribution in [2.75, 3.05) is 7.05 Å². The number of piperidine rings is 1. The second kappa shape index (κ2) is 5.57. The number of hydrogen-bond acceptors (Lipinski definition) is 2. The first-order valence-corrected chi connectivity index (χ1v) is 7.55. The number of nitrogens with zero attached hydrogens (tertiary/aromatic N) is 1. The van der Waals surface area contributed by atoms with E-state index in [4.69, 9.17) is 0 Å². The molecule has 0 saturated carbocycles. The highest BCUT2D eigenvalue weighted by molar-refractivity contribution is 5.94. The number of benzene rings is 1. The van der Waals surface area contributed by atoms with Gasteiger partial charge < -0.3 is 10.2 Å². The minimum absolute atomic E-state index is 0.0980. The van der Waals surface area contributed by atoms with E-state index in [0.29, 0.717) is 12.1 Å². The van der Waals surface area contributed by atoms with Crippen LogP contribution in [0.25, 0.3) is 0 Å². The number of carbonyl (C=O) groups excluding carboxylic acids is 1. The predicted octanol–water partition coefficient (Wildman–Crippen LogP) is 3.06. The molecule has 2 aliphatic heterocycles. The van der Waals surface area contributed by atoms with Crippen LogP contribution in [0.15, 0.2) is 24.3 Å². The molecule has 3 nitrogen and oxygen atoms in total. The van der Waals surface area contributed by atoms with E-state index in [9.17, 15) is 18.0 Å². The summed E-state index contributed by atoms with van der Waals surface area (Å²) in [5.41, 5.74) is -0.680. The third-order valence-corrected chi connectivity index (χ3v) is 4.75. The minimum atomic E-state index is -4.43. The zero-order chi connectivity index (χ0) is 15.9. The monoisotopic (exact) mass is 312 g/mol. The van der Waals surface area contributed by atoms with Crippen molar-refractivity contribution in [3.63, 3.8) is 0 Å². The van der Waals surface area contributed by atoms with Crippen molar-refractivity contribution >= 4 is 5.91 Å². The topological polar surface area (TPSA) is 32.3 Å². The fourth-order valence-corrected chi connectivity index (χ4v) is 3.54. The Bertz CT molecular complexity index is 561.